The number of piperidine rings is 1. The molecule has 0 radical (unpaired) electrons. The van der Waals surface area contributed by atoms with Crippen molar-refractivity contribution in [3.8, 4) is 5.69 Å². The van der Waals surface area contributed by atoms with Gasteiger partial charge in [-0.1, -0.05) is 22.0 Å². The number of hydrogen-bond acceptors (Lipinski definition) is 4. The Morgan fingerprint density at radius 3 is 2.81 bits per heavy atom. The van der Waals surface area contributed by atoms with Gasteiger partial charge in [0.05, 0.1) is 11.6 Å². The van der Waals surface area contributed by atoms with E-state index in [2.05, 4.69) is 26.3 Å². The molecule has 2 aromatic carbocycles. The van der Waals surface area contributed by atoms with Crippen molar-refractivity contribution in [3.05, 3.63) is 80.8 Å². The van der Waals surface area contributed by atoms with Gasteiger partial charge >= 0.3 is 0 Å². The quantitative estimate of drug-likeness (QED) is 0.599. The first-order valence-corrected chi connectivity index (χ1v) is 10.9. The van der Waals surface area contributed by atoms with E-state index in [-0.39, 0.29) is 17.4 Å². The number of halogens is 2. The fourth-order valence-electron chi connectivity index (χ4n) is 3.76. The van der Waals surface area contributed by atoms with Crippen LogP contribution in [-0.4, -0.2) is 28.8 Å². The average Bonchev–Trinajstić information content (AvgIpc) is 2.76. The van der Waals surface area contributed by atoms with Crippen LogP contribution in [0.2, 0.25) is 0 Å². The van der Waals surface area contributed by atoms with Crippen molar-refractivity contribution in [3.63, 3.8) is 0 Å². The minimum absolute atomic E-state index is 0.0337. The smallest absolute Gasteiger partial charge is 0.271 e. The van der Waals surface area contributed by atoms with E-state index in [1.54, 1.807) is 12.1 Å². The monoisotopic (exact) mass is 484 g/mol. The molecular formula is C23H22BrFN4O2. The van der Waals surface area contributed by atoms with Crippen LogP contribution in [0.1, 0.15) is 18.4 Å². The molecule has 0 spiro atoms. The van der Waals surface area contributed by atoms with Crippen LogP contribution in [0, 0.1) is 18.7 Å². The number of amides is 1. The molecule has 0 bridgehead atoms. The number of aromatic nitrogens is 2. The zero-order chi connectivity index (χ0) is 22.0. The van der Waals surface area contributed by atoms with Crippen LogP contribution in [0.15, 0.2) is 63.9 Å². The standard InChI is InChI=1S/C23H22BrFN4O2/c1-15-12-17(24)7-8-20(15)26-23(31)16-4-3-11-28(14-16)21-9-10-22(30)29(27-21)19-6-2-5-18(25)13-19/h2,5-10,12-13,16H,3-4,11,14H2,1H3,(H,26,31)/t16-/m0/s1. The molecule has 8 heteroatoms. The minimum atomic E-state index is -0.436. The number of rotatable bonds is 4. The minimum Gasteiger partial charge on any atom is -0.354 e. The van der Waals surface area contributed by atoms with Crippen LogP contribution < -0.4 is 15.8 Å². The van der Waals surface area contributed by atoms with Crippen molar-refractivity contribution in [2.75, 3.05) is 23.3 Å². The van der Waals surface area contributed by atoms with Gasteiger partial charge in [-0.3, -0.25) is 9.59 Å². The van der Waals surface area contributed by atoms with E-state index >= 15 is 0 Å². The van der Waals surface area contributed by atoms with E-state index in [1.807, 2.05) is 30.0 Å². The lowest BCUT2D eigenvalue weighted by atomic mass is 9.97. The normalized spacial score (nSPS) is 16.2. The molecule has 1 aromatic heterocycles. The van der Waals surface area contributed by atoms with Gasteiger partial charge in [-0.15, -0.1) is 5.10 Å². The maximum Gasteiger partial charge on any atom is 0.271 e. The Kier molecular flexibility index (Phi) is 6.18. The number of nitrogens with one attached hydrogen (secondary N) is 1. The van der Waals surface area contributed by atoms with E-state index in [9.17, 15) is 14.0 Å². The highest BCUT2D eigenvalue weighted by Gasteiger charge is 2.27. The summed E-state index contributed by atoms with van der Waals surface area (Å²) in [5, 5.41) is 7.46. The van der Waals surface area contributed by atoms with E-state index in [0.717, 1.165) is 35.1 Å². The van der Waals surface area contributed by atoms with Crippen molar-refractivity contribution in [1.29, 1.82) is 0 Å². The third-order valence-corrected chi connectivity index (χ3v) is 5.89. The number of hydrogen-bond donors (Lipinski definition) is 1. The van der Waals surface area contributed by atoms with E-state index in [1.165, 1.54) is 28.9 Å². The molecule has 6 nitrogen and oxygen atoms in total. The summed E-state index contributed by atoms with van der Waals surface area (Å²) in [4.78, 5) is 27.2. The Balaban J connectivity index is 1.52. The van der Waals surface area contributed by atoms with Gasteiger partial charge < -0.3 is 10.2 Å². The number of aryl methyl sites for hydroxylation is 1. The van der Waals surface area contributed by atoms with Gasteiger partial charge in [-0.2, -0.15) is 4.68 Å². The predicted molar refractivity (Wildman–Crippen MR) is 122 cm³/mol. The van der Waals surface area contributed by atoms with Gasteiger partial charge in [0.15, 0.2) is 0 Å². The Labute approximate surface area is 187 Å². The maximum absolute atomic E-state index is 13.6. The molecule has 1 aliphatic heterocycles. The molecule has 2 heterocycles. The summed E-state index contributed by atoms with van der Waals surface area (Å²) in [6.07, 6.45) is 1.61. The van der Waals surface area contributed by atoms with Crippen molar-refractivity contribution < 1.29 is 9.18 Å². The Morgan fingerprint density at radius 1 is 1.19 bits per heavy atom. The Hall–Kier alpha value is -3.00. The molecule has 1 saturated heterocycles. The number of benzene rings is 2. The van der Waals surface area contributed by atoms with E-state index < -0.39 is 5.82 Å². The molecule has 1 amide bonds. The lowest BCUT2D eigenvalue weighted by Gasteiger charge is -2.33. The first-order chi connectivity index (χ1) is 14.9. The maximum atomic E-state index is 13.6. The van der Waals surface area contributed by atoms with Gasteiger partial charge in [-0.25, -0.2) is 4.39 Å². The molecule has 31 heavy (non-hydrogen) atoms. The highest BCUT2D eigenvalue weighted by atomic mass is 79.9. The number of carbonyl (C=O) groups excluding carboxylic acids is 1. The second-order valence-corrected chi connectivity index (χ2v) is 8.57. The lowest BCUT2D eigenvalue weighted by Crippen LogP contribution is -2.41. The number of carbonyl (C=O) groups is 1. The highest BCUT2D eigenvalue weighted by Crippen LogP contribution is 2.25. The summed E-state index contributed by atoms with van der Waals surface area (Å²) in [6, 6.07) is 14.6. The molecule has 0 aliphatic carbocycles. The van der Waals surface area contributed by atoms with Crippen LogP contribution in [0.4, 0.5) is 15.9 Å². The van der Waals surface area contributed by atoms with Gasteiger partial charge in [0.25, 0.3) is 5.56 Å². The molecule has 3 aromatic rings. The largest absolute Gasteiger partial charge is 0.354 e. The lowest BCUT2D eigenvalue weighted by molar-refractivity contribution is -0.120. The first kappa shape index (κ1) is 21.2. The topological polar surface area (TPSA) is 67.2 Å². The molecular weight excluding hydrogens is 463 g/mol. The molecule has 1 aliphatic rings. The van der Waals surface area contributed by atoms with Gasteiger partial charge in [-0.05, 0) is 67.8 Å². The second kappa shape index (κ2) is 9.01. The van der Waals surface area contributed by atoms with Gasteiger partial charge in [0, 0.05) is 29.3 Å². The average molecular weight is 485 g/mol. The second-order valence-electron chi connectivity index (χ2n) is 7.66. The number of nitrogens with zero attached hydrogens (tertiary/aromatic N) is 3. The summed E-state index contributed by atoms with van der Waals surface area (Å²) in [5.74, 6) is -0.0857. The summed E-state index contributed by atoms with van der Waals surface area (Å²) in [6.45, 7) is 3.18. The zero-order valence-corrected chi connectivity index (χ0v) is 18.6. The zero-order valence-electron chi connectivity index (χ0n) is 17.0. The molecule has 0 unspecified atom stereocenters. The van der Waals surface area contributed by atoms with Crippen LogP contribution in [-0.2, 0) is 4.79 Å². The third-order valence-electron chi connectivity index (χ3n) is 5.40. The summed E-state index contributed by atoms with van der Waals surface area (Å²) in [7, 11) is 0. The van der Waals surface area contributed by atoms with Crippen molar-refractivity contribution >= 4 is 33.3 Å². The number of anilines is 2. The highest BCUT2D eigenvalue weighted by molar-refractivity contribution is 9.10. The third kappa shape index (κ3) is 4.85. The van der Waals surface area contributed by atoms with Gasteiger partial charge in [0.1, 0.15) is 11.6 Å². The Bertz CT molecular complexity index is 1180. The van der Waals surface area contributed by atoms with Crippen molar-refractivity contribution in [2.45, 2.75) is 19.8 Å². The van der Waals surface area contributed by atoms with Crippen molar-refractivity contribution in [2.24, 2.45) is 5.92 Å². The fraction of sp³-hybridized carbons (Fsp3) is 0.261. The Morgan fingerprint density at radius 2 is 2.03 bits per heavy atom. The van der Waals surface area contributed by atoms with Crippen LogP contribution in [0.3, 0.4) is 0 Å². The fourth-order valence-corrected chi connectivity index (χ4v) is 4.24. The van der Waals surface area contributed by atoms with Crippen molar-refractivity contribution in [1.82, 2.24) is 9.78 Å². The summed E-state index contributed by atoms with van der Waals surface area (Å²) in [5.41, 5.74) is 1.80. The summed E-state index contributed by atoms with van der Waals surface area (Å²) < 4.78 is 15.8. The molecule has 0 saturated carbocycles. The van der Waals surface area contributed by atoms with Gasteiger partial charge in [0.2, 0.25) is 5.91 Å². The molecule has 160 valence electrons. The predicted octanol–water partition coefficient (Wildman–Crippen LogP) is 4.30. The van der Waals surface area contributed by atoms with E-state index in [4.69, 9.17) is 0 Å². The van der Waals surface area contributed by atoms with Crippen LogP contribution in [0.5, 0.6) is 0 Å². The van der Waals surface area contributed by atoms with Crippen LogP contribution in [0.25, 0.3) is 5.69 Å². The first-order valence-electron chi connectivity index (χ1n) is 10.1. The summed E-state index contributed by atoms with van der Waals surface area (Å²) >= 11 is 3.43. The molecule has 4 rings (SSSR count). The van der Waals surface area contributed by atoms with Crippen LogP contribution >= 0.6 is 15.9 Å². The molecule has 1 N–H and O–H groups in total. The van der Waals surface area contributed by atoms with E-state index in [0.29, 0.717) is 18.1 Å². The molecule has 1 atom stereocenters. The molecule has 1 fully saturated rings. The SMILES string of the molecule is Cc1cc(Br)ccc1NC(=O)[C@H]1CCCN(c2ccc(=O)n(-c3cccc(F)c3)n2)C1.